The van der Waals surface area contributed by atoms with Crippen molar-refractivity contribution in [3.63, 3.8) is 0 Å². The van der Waals surface area contributed by atoms with Crippen LogP contribution in [0.25, 0.3) is 0 Å². The second kappa shape index (κ2) is 8.08. The number of hydrogen-bond donors (Lipinski definition) is 3. The van der Waals surface area contributed by atoms with Crippen LogP contribution in [0.3, 0.4) is 0 Å². The molecule has 0 saturated heterocycles. The summed E-state index contributed by atoms with van der Waals surface area (Å²) in [6.45, 7) is 2.03. The maximum atomic E-state index is 9.89. The average molecular weight is 315 g/mol. The maximum absolute atomic E-state index is 9.89. The SMILES string of the molecule is CCCC[C@@H](O)[C@@H](N)c1c(O)cc(Cl)cc1Cl.Cl. The molecule has 1 aromatic rings. The van der Waals surface area contributed by atoms with E-state index < -0.39 is 12.1 Å². The Morgan fingerprint density at radius 3 is 2.44 bits per heavy atom. The maximum Gasteiger partial charge on any atom is 0.123 e. The lowest BCUT2D eigenvalue weighted by Crippen LogP contribution is -2.26. The van der Waals surface area contributed by atoms with Crippen molar-refractivity contribution in [2.24, 2.45) is 5.73 Å². The third-order valence-corrected chi connectivity index (χ3v) is 3.20. The minimum atomic E-state index is -0.723. The molecular formula is C12H18Cl3NO2. The number of rotatable bonds is 5. The lowest BCUT2D eigenvalue weighted by molar-refractivity contribution is 0.131. The largest absolute Gasteiger partial charge is 0.507 e. The Balaban J connectivity index is 0.00000289. The minimum absolute atomic E-state index is 0. The molecule has 6 heteroatoms. The van der Waals surface area contributed by atoms with Crippen LogP contribution in [0.5, 0.6) is 5.75 Å². The van der Waals surface area contributed by atoms with Crippen LogP contribution in [-0.4, -0.2) is 16.3 Å². The molecule has 0 heterocycles. The smallest absolute Gasteiger partial charge is 0.123 e. The number of benzene rings is 1. The molecular weight excluding hydrogens is 296 g/mol. The Hall–Kier alpha value is -0.190. The van der Waals surface area contributed by atoms with Crippen LogP contribution in [0, 0.1) is 0 Å². The number of phenolic OH excluding ortho intramolecular Hbond substituents is 1. The van der Waals surface area contributed by atoms with Gasteiger partial charge in [-0.3, -0.25) is 0 Å². The van der Waals surface area contributed by atoms with Gasteiger partial charge in [0.2, 0.25) is 0 Å². The van der Waals surface area contributed by atoms with Crippen molar-refractivity contribution in [1.29, 1.82) is 0 Å². The van der Waals surface area contributed by atoms with Crippen LogP contribution in [0.15, 0.2) is 12.1 Å². The number of aromatic hydroxyl groups is 1. The van der Waals surface area contributed by atoms with Crippen molar-refractivity contribution < 1.29 is 10.2 Å². The Labute approximate surface area is 123 Å². The van der Waals surface area contributed by atoms with Gasteiger partial charge in [0, 0.05) is 10.6 Å². The molecule has 104 valence electrons. The number of hydrogen-bond acceptors (Lipinski definition) is 3. The van der Waals surface area contributed by atoms with Gasteiger partial charge in [-0.25, -0.2) is 0 Å². The average Bonchev–Trinajstić information content (AvgIpc) is 2.24. The Kier molecular flexibility index (Phi) is 7.99. The fourth-order valence-electron chi connectivity index (χ4n) is 1.69. The van der Waals surface area contributed by atoms with E-state index in [-0.39, 0.29) is 23.2 Å². The van der Waals surface area contributed by atoms with E-state index in [0.717, 1.165) is 12.8 Å². The second-order valence-electron chi connectivity index (χ2n) is 4.06. The van der Waals surface area contributed by atoms with Crippen molar-refractivity contribution in [3.05, 3.63) is 27.7 Å². The van der Waals surface area contributed by atoms with Crippen molar-refractivity contribution in [2.45, 2.75) is 38.3 Å². The van der Waals surface area contributed by atoms with Gasteiger partial charge < -0.3 is 15.9 Å². The number of phenols is 1. The molecule has 4 N–H and O–H groups in total. The predicted octanol–water partition coefficient (Wildman–Crippen LogP) is 3.67. The molecule has 1 aromatic carbocycles. The number of nitrogens with two attached hydrogens (primary N) is 1. The number of unbranched alkanes of at least 4 members (excludes halogenated alkanes) is 1. The molecule has 0 unspecified atom stereocenters. The molecule has 0 saturated carbocycles. The minimum Gasteiger partial charge on any atom is -0.507 e. The summed E-state index contributed by atoms with van der Waals surface area (Å²) in [5, 5.41) is 20.3. The van der Waals surface area contributed by atoms with Crippen LogP contribution in [0.2, 0.25) is 10.0 Å². The van der Waals surface area contributed by atoms with Gasteiger partial charge in [-0.1, -0.05) is 43.0 Å². The summed E-state index contributed by atoms with van der Waals surface area (Å²) in [6, 6.07) is 2.17. The van der Waals surface area contributed by atoms with Crippen LogP contribution in [0.4, 0.5) is 0 Å². The predicted molar refractivity (Wildman–Crippen MR) is 77.8 cm³/mol. The molecule has 18 heavy (non-hydrogen) atoms. The lowest BCUT2D eigenvalue weighted by atomic mass is 9.97. The third kappa shape index (κ3) is 4.48. The molecule has 0 fully saturated rings. The summed E-state index contributed by atoms with van der Waals surface area (Å²) >= 11 is 11.7. The van der Waals surface area contributed by atoms with Crippen molar-refractivity contribution in [3.8, 4) is 5.75 Å². The first-order chi connectivity index (χ1) is 7.97. The Morgan fingerprint density at radius 1 is 1.33 bits per heavy atom. The molecule has 0 amide bonds. The quantitative estimate of drug-likeness (QED) is 0.777. The van der Waals surface area contributed by atoms with Gasteiger partial charge in [-0.05, 0) is 18.6 Å². The van der Waals surface area contributed by atoms with E-state index >= 15 is 0 Å². The zero-order valence-corrected chi connectivity index (χ0v) is 12.4. The highest BCUT2D eigenvalue weighted by Gasteiger charge is 2.22. The van der Waals surface area contributed by atoms with Gasteiger partial charge in [0.15, 0.2) is 0 Å². The molecule has 0 aliphatic heterocycles. The molecule has 0 aromatic heterocycles. The topological polar surface area (TPSA) is 66.5 Å². The number of halogens is 3. The van der Waals surface area contributed by atoms with E-state index in [2.05, 4.69) is 0 Å². The van der Waals surface area contributed by atoms with Gasteiger partial charge in [0.1, 0.15) is 5.75 Å². The van der Waals surface area contributed by atoms with Gasteiger partial charge in [0.25, 0.3) is 0 Å². The van der Waals surface area contributed by atoms with Crippen LogP contribution < -0.4 is 5.73 Å². The summed E-state index contributed by atoms with van der Waals surface area (Å²) in [5.74, 6) is -0.0782. The highest BCUT2D eigenvalue weighted by Crippen LogP contribution is 2.35. The van der Waals surface area contributed by atoms with E-state index in [0.29, 0.717) is 17.0 Å². The third-order valence-electron chi connectivity index (χ3n) is 2.67. The summed E-state index contributed by atoms with van der Waals surface area (Å²) in [4.78, 5) is 0. The standard InChI is InChI=1S/C12H17Cl2NO2.ClH/c1-2-3-4-9(16)12(15)11-8(14)5-7(13)6-10(11)17;/h5-6,9,12,16-17H,2-4,15H2,1H3;1H/t9-,12-;/m1./s1. The van der Waals surface area contributed by atoms with E-state index in [1.807, 2.05) is 6.92 Å². The molecule has 0 aliphatic carbocycles. The van der Waals surface area contributed by atoms with Gasteiger partial charge in [-0.2, -0.15) is 0 Å². The zero-order valence-electron chi connectivity index (χ0n) is 10.1. The normalized spacial score (nSPS) is 13.8. The molecule has 0 spiro atoms. The fourth-order valence-corrected chi connectivity index (χ4v) is 2.30. The van der Waals surface area contributed by atoms with E-state index in [1.165, 1.54) is 12.1 Å². The first-order valence-electron chi connectivity index (χ1n) is 5.59. The van der Waals surface area contributed by atoms with Gasteiger partial charge in [0.05, 0.1) is 17.2 Å². The summed E-state index contributed by atoms with van der Waals surface area (Å²) in [6.07, 6.45) is 1.71. The molecule has 0 bridgehead atoms. The lowest BCUT2D eigenvalue weighted by Gasteiger charge is -2.21. The van der Waals surface area contributed by atoms with Gasteiger partial charge >= 0.3 is 0 Å². The second-order valence-corrected chi connectivity index (χ2v) is 4.90. The molecule has 0 radical (unpaired) electrons. The first-order valence-corrected chi connectivity index (χ1v) is 6.34. The number of aliphatic hydroxyl groups excluding tert-OH is 1. The summed E-state index contributed by atoms with van der Waals surface area (Å²) in [5.41, 5.74) is 6.24. The van der Waals surface area contributed by atoms with E-state index in [1.54, 1.807) is 0 Å². The van der Waals surface area contributed by atoms with E-state index in [4.69, 9.17) is 28.9 Å². The fraction of sp³-hybridized carbons (Fsp3) is 0.500. The first kappa shape index (κ1) is 17.8. The molecule has 1 rings (SSSR count). The van der Waals surface area contributed by atoms with Crippen molar-refractivity contribution in [2.75, 3.05) is 0 Å². The Morgan fingerprint density at radius 2 is 1.94 bits per heavy atom. The number of aliphatic hydroxyl groups is 1. The van der Waals surface area contributed by atoms with Crippen molar-refractivity contribution in [1.82, 2.24) is 0 Å². The molecule has 3 nitrogen and oxygen atoms in total. The monoisotopic (exact) mass is 313 g/mol. The molecule has 0 aliphatic rings. The van der Waals surface area contributed by atoms with Gasteiger partial charge in [-0.15, -0.1) is 12.4 Å². The summed E-state index contributed by atoms with van der Waals surface area (Å²) < 4.78 is 0. The van der Waals surface area contributed by atoms with Crippen LogP contribution >= 0.6 is 35.6 Å². The molecule has 2 atom stereocenters. The van der Waals surface area contributed by atoms with Crippen LogP contribution in [0.1, 0.15) is 37.8 Å². The highest BCUT2D eigenvalue weighted by atomic mass is 35.5. The Bertz CT molecular complexity index is 365. The summed E-state index contributed by atoms with van der Waals surface area (Å²) in [7, 11) is 0. The van der Waals surface area contributed by atoms with Crippen molar-refractivity contribution >= 4 is 35.6 Å². The van der Waals surface area contributed by atoms with E-state index in [9.17, 15) is 10.2 Å². The van der Waals surface area contributed by atoms with Crippen LogP contribution in [-0.2, 0) is 0 Å². The zero-order chi connectivity index (χ0) is 13.0. The highest BCUT2D eigenvalue weighted by molar-refractivity contribution is 6.35.